The Morgan fingerprint density at radius 2 is 1.34 bits per heavy atom. The van der Waals surface area contributed by atoms with E-state index in [0.717, 1.165) is 11.1 Å². The monoisotopic (exact) mass is 403 g/mol. The third-order valence-corrected chi connectivity index (χ3v) is 3.86. The first-order valence-electron chi connectivity index (χ1n) is 8.73. The van der Waals surface area contributed by atoms with Gasteiger partial charge in [0.2, 0.25) is 11.7 Å². The summed E-state index contributed by atoms with van der Waals surface area (Å²) in [6.45, 7) is 1.54. The maximum Gasteiger partial charge on any atom is 0.234 e. The fourth-order valence-electron chi connectivity index (χ4n) is 2.25. The number of amides is 1. The summed E-state index contributed by atoms with van der Waals surface area (Å²) in [6.07, 6.45) is 3.90. The molecule has 0 unspecified atom stereocenters. The number of nitrogen functional groups attached to an aromatic ring is 1. The van der Waals surface area contributed by atoms with Crippen molar-refractivity contribution in [2.75, 3.05) is 34.2 Å². The zero-order chi connectivity index (χ0) is 22.0. The Balaban J connectivity index is 0.000000612. The summed E-state index contributed by atoms with van der Waals surface area (Å²) >= 11 is 0. The average molecular weight is 403 g/mol. The van der Waals surface area contributed by atoms with E-state index in [9.17, 15) is 4.79 Å². The van der Waals surface area contributed by atoms with Gasteiger partial charge in [0.1, 0.15) is 5.75 Å². The number of ether oxygens (including phenoxy) is 4. The van der Waals surface area contributed by atoms with Gasteiger partial charge in [-0.15, -0.1) is 0 Å². The highest BCUT2D eigenvalue weighted by molar-refractivity contribution is 5.79. The van der Waals surface area contributed by atoms with Crippen molar-refractivity contribution in [3.8, 4) is 23.0 Å². The molecule has 0 spiro atoms. The zero-order valence-corrected chi connectivity index (χ0v) is 17.4. The molecule has 0 aliphatic carbocycles. The molecule has 29 heavy (non-hydrogen) atoms. The molecule has 0 aromatic heterocycles. The Hall–Kier alpha value is -3.39. The lowest BCUT2D eigenvalue weighted by molar-refractivity contribution is -0.118. The van der Waals surface area contributed by atoms with Crippen LogP contribution in [0.4, 0.5) is 5.69 Å². The molecule has 0 heterocycles. The molecule has 0 bridgehead atoms. The molecule has 1 atom stereocenters. The van der Waals surface area contributed by atoms with Crippen LogP contribution in [0.15, 0.2) is 30.3 Å². The van der Waals surface area contributed by atoms with Crippen LogP contribution in [0.25, 0.3) is 12.2 Å². The van der Waals surface area contributed by atoms with Gasteiger partial charge in [0.15, 0.2) is 11.5 Å². The molecule has 2 aromatic rings. The van der Waals surface area contributed by atoms with E-state index in [2.05, 4.69) is 5.73 Å². The highest BCUT2D eigenvalue weighted by Crippen LogP contribution is 2.38. The van der Waals surface area contributed by atoms with E-state index in [1.54, 1.807) is 35.4 Å². The second-order valence-electron chi connectivity index (χ2n) is 5.98. The molecular formula is C21H29N3O5. The summed E-state index contributed by atoms with van der Waals surface area (Å²) in [5.74, 6) is 1.99. The number of benzene rings is 2. The first-order valence-corrected chi connectivity index (χ1v) is 8.73. The first-order chi connectivity index (χ1) is 13.8. The van der Waals surface area contributed by atoms with Crippen molar-refractivity contribution in [2.45, 2.75) is 13.0 Å². The van der Waals surface area contributed by atoms with Gasteiger partial charge in [0.05, 0.1) is 40.2 Å². The molecule has 0 aliphatic heterocycles. The van der Waals surface area contributed by atoms with E-state index in [4.69, 9.17) is 30.4 Å². The van der Waals surface area contributed by atoms with E-state index in [0.29, 0.717) is 28.7 Å². The molecule has 8 heteroatoms. The van der Waals surface area contributed by atoms with E-state index in [1.807, 2.05) is 42.5 Å². The van der Waals surface area contributed by atoms with Gasteiger partial charge in [-0.25, -0.2) is 0 Å². The van der Waals surface area contributed by atoms with Crippen molar-refractivity contribution >= 4 is 23.7 Å². The molecule has 2 rings (SSSR count). The lowest BCUT2D eigenvalue weighted by atomic mass is 10.1. The molecule has 8 nitrogen and oxygen atoms in total. The molecule has 0 saturated carbocycles. The van der Waals surface area contributed by atoms with Crippen LogP contribution in [0.5, 0.6) is 23.0 Å². The minimum absolute atomic E-state index is 0.463. The Labute approximate surface area is 171 Å². The number of anilines is 1. The minimum atomic E-state index is -0.509. The molecule has 0 saturated heterocycles. The number of nitrogens with two attached hydrogens (primary N) is 3. The van der Waals surface area contributed by atoms with E-state index >= 15 is 0 Å². The largest absolute Gasteiger partial charge is 0.495 e. The van der Waals surface area contributed by atoms with Crippen LogP contribution in [0.3, 0.4) is 0 Å². The number of methoxy groups -OCH3 is 4. The SMILES string of the molecule is COc1ccc(/C=C\c2cc(OC)c(OC)c(OC)c2)cc1N.C[C@H](N)C(N)=O. The van der Waals surface area contributed by atoms with Crippen LogP contribution < -0.4 is 36.1 Å². The Kier molecular flexibility index (Phi) is 9.34. The van der Waals surface area contributed by atoms with Crippen molar-refractivity contribution in [3.05, 3.63) is 41.5 Å². The fraction of sp³-hybridized carbons (Fsp3) is 0.286. The van der Waals surface area contributed by atoms with Gasteiger partial charge in [0.25, 0.3) is 0 Å². The first kappa shape index (κ1) is 23.6. The summed E-state index contributed by atoms with van der Waals surface area (Å²) in [4.78, 5) is 9.80. The molecule has 0 aliphatic rings. The summed E-state index contributed by atoms with van der Waals surface area (Å²) < 4.78 is 21.2. The van der Waals surface area contributed by atoms with Crippen molar-refractivity contribution in [1.29, 1.82) is 0 Å². The van der Waals surface area contributed by atoms with Crippen molar-refractivity contribution in [3.63, 3.8) is 0 Å². The van der Waals surface area contributed by atoms with E-state index in [-0.39, 0.29) is 0 Å². The summed E-state index contributed by atoms with van der Waals surface area (Å²) in [5, 5.41) is 0. The Morgan fingerprint density at radius 1 is 0.862 bits per heavy atom. The third kappa shape index (κ3) is 6.93. The van der Waals surface area contributed by atoms with Gasteiger partial charge in [-0.05, 0) is 42.3 Å². The van der Waals surface area contributed by atoms with Crippen molar-refractivity contribution < 1.29 is 23.7 Å². The lowest BCUT2D eigenvalue weighted by Crippen LogP contribution is -2.32. The number of carbonyl (C=O) groups excluding carboxylic acids is 1. The average Bonchev–Trinajstić information content (AvgIpc) is 2.71. The summed E-state index contributed by atoms with van der Waals surface area (Å²) in [5.41, 5.74) is 18.0. The van der Waals surface area contributed by atoms with Crippen molar-refractivity contribution in [1.82, 2.24) is 0 Å². The number of hydrogen-bond acceptors (Lipinski definition) is 7. The molecule has 1 amide bonds. The lowest BCUT2D eigenvalue weighted by Gasteiger charge is -2.12. The molecular weight excluding hydrogens is 374 g/mol. The van der Waals surface area contributed by atoms with Gasteiger partial charge >= 0.3 is 0 Å². The van der Waals surface area contributed by atoms with Crippen LogP contribution in [0.1, 0.15) is 18.1 Å². The third-order valence-electron chi connectivity index (χ3n) is 3.86. The van der Waals surface area contributed by atoms with Crippen LogP contribution >= 0.6 is 0 Å². The molecule has 2 aromatic carbocycles. The molecule has 6 N–H and O–H groups in total. The van der Waals surface area contributed by atoms with Crippen LogP contribution in [0.2, 0.25) is 0 Å². The molecule has 0 fully saturated rings. The van der Waals surface area contributed by atoms with E-state index < -0.39 is 11.9 Å². The summed E-state index contributed by atoms with van der Waals surface area (Å²) in [7, 11) is 6.36. The Morgan fingerprint density at radius 3 is 1.72 bits per heavy atom. The topological polar surface area (TPSA) is 132 Å². The van der Waals surface area contributed by atoms with Gasteiger partial charge in [-0.3, -0.25) is 4.79 Å². The smallest absolute Gasteiger partial charge is 0.234 e. The highest BCUT2D eigenvalue weighted by Gasteiger charge is 2.12. The Bertz CT molecular complexity index is 825. The quantitative estimate of drug-likeness (QED) is 0.477. The highest BCUT2D eigenvalue weighted by atomic mass is 16.5. The van der Waals surface area contributed by atoms with Gasteiger partial charge in [-0.1, -0.05) is 18.2 Å². The van der Waals surface area contributed by atoms with Crippen LogP contribution in [-0.2, 0) is 4.79 Å². The van der Waals surface area contributed by atoms with Crippen molar-refractivity contribution in [2.24, 2.45) is 11.5 Å². The fourth-order valence-corrected chi connectivity index (χ4v) is 2.25. The number of hydrogen-bond donors (Lipinski definition) is 3. The summed E-state index contributed by atoms with van der Waals surface area (Å²) in [6, 6.07) is 8.88. The van der Waals surface area contributed by atoms with Gasteiger partial charge < -0.3 is 36.1 Å². The normalized spacial score (nSPS) is 11.2. The van der Waals surface area contributed by atoms with Gasteiger partial charge in [0, 0.05) is 0 Å². The molecule has 0 radical (unpaired) electrons. The van der Waals surface area contributed by atoms with Crippen LogP contribution in [-0.4, -0.2) is 40.4 Å². The van der Waals surface area contributed by atoms with Gasteiger partial charge in [-0.2, -0.15) is 0 Å². The zero-order valence-electron chi connectivity index (χ0n) is 17.4. The predicted molar refractivity (Wildman–Crippen MR) is 115 cm³/mol. The maximum atomic E-state index is 9.80. The number of primary amides is 1. The second-order valence-corrected chi connectivity index (χ2v) is 5.98. The number of rotatable bonds is 7. The predicted octanol–water partition coefficient (Wildman–Crippen LogP) is 2.29. The number of carbonyl (C=O) groups is 1. The molecule has 158 valence electrons. The maximum absolute atomic E-state index is 9.80. The van der Waals surface area contributed by atoms with Crippen LogP contribution in [0, 0.1) is 0 Å². The minimum Gasteiger partial charge on any atom is -0.495 e. The standard InChI is InChI=1S/C18H21NO4.C3H8N2O/c1-20-15-8-7-12(9-14(15)19)5-6-13-10-16(21-2)18(23-4)17(11-13)22-3;1-2(4)3(5)6/h5-11H,19H2,1-4H3;2H,4H2,1H3,(H2,5,6)/b6-5-;/t;2-/m.0/s1. The van der Waals surface area contributed by atoms with E-state index in [1.165, 1.54) is 0 Å². The second kappa shape index (κ2) is 11.5.